The number of hydrogen-bond donors (Lipinski definition) is 1. The summed E-state index contributed by atoms with van der Waals surface area (Å²) in [7, 11) is 4.00. The third kappa shape index (κ3) is 4.43. The van der Waals surface area contributed by atoms with Gasteiger partial charge >= 0.3 is 5.63 Å². The maximum Gasteiger partial charge on any atom is 0.339 e. The second-order valence-electron chi connectivity index (χ2n) is 7.01. The van der Waals surface area contributed by atoms with Crippen molar-refractivity contribution in [3.63, 3.8) is 0 Å². The van der Waals surface area contributed by atoms with Crippen LogP contribution in [-0.4, -0.2) is 44.6 Å². The molecule has 6 nitrogen and oxygen atoms in total. The molecule has 1 aromatic carbocycles. The molecule has 1 amide bonds. The third-order valence-electron chi connectivity index (χ3n) is 4.67. The van der Waals surface area contributed by atoms with E-state index in [9.17, 15) is 9.59 Å². The van der Waals surface area contributed by atoms with Crippen LogP contribution in [0, 0.1) is 0 Å². The maximum atomic E-state index is 12.2. The highest BCUT2D eigenvalue weighted by Crippen LogP contribution is 2.28. The first-order valence-corrected chi connectivity index (χ1v) is 9.17. The van der Waals surface area contributed by atoms with E-state index < -0.39 is 0 Å². The van der Waals surface area contributed by atoms with Gasteiger partial charge in [-0.1, -0.05) is 0 Å². The number of benzene rings is 1. The minimum Gasteiger partial charge on any atom is -0.484 e. The van der Waals surface area contributed by atoms with E-state index in [0.717, 1.165) is 55.2 Å². The molecule has 0 radical (unpaired) electrons. The zero-order chi connectivity index (χ0) is 18.5. The first-order valence-electron chi connectivity index (χ1n) is 9.17. The summed E-state index contributed by atoms with van der Waals surface area (Å²) < 4.78 is 11.0. The molecule has 2 aromatic rings. The van der Waals surface area contributed by atoms with Gasteiger partial charge in [-0.3, -0.25) is 4.79 Å². The normalized spacial score (nSPS) is 13.7. The Kier molecular flexibility index (Phi) is 5.93. The zero-order valence-corrected chi connectivity index (χ0v) is 15.5. The number of carbonyl (C=O) groups is 1. The second kappa shape index (κ2) is 8.36. The molecule has 0 bridgehead atoms. The average Bonchev–Trinajstić information content (AvgIpc) is 2.63. The lowest BCUT2D eigenvalue weighted by molar-refractivity contribution is -0.123. The molecule has 1 N–H and O–H groups in total. The van der Waals surface area contributed by atoms with Crippen molar-refractivity contribution in [2.45, 2.75) is 32.1 Å². The van der Waals surface area contributed by atoms with Gasteiger partial charge in [0.05, 0.1) is 0 Å². The molecule has 0 unspecified atom stereocenters. The molecule has 3 rings (SSSR count). The first kappa shape index (κ1) is 18.5. The van der Waals surface area contributed by atoms with Crippen LogP contribution in [0.2, 0.25) is 0 Å². The molecule has 0 aliphatic heterocycles. The largest absolute Gasteiger partial charge is 0.484 e. The quantitative estimate of drug-likeness (QED) is 0.606. The number of rotatable bonds is 7. The SMILES string of the molecule is CN(C)CCCNC(=O)COc1ccc2c3c(c(=O)oc2c1)CCCC3. The van der Waals surface area contributed by atoms with Gasteiger partial charge < -0.3 is 19.4 Å². The maximum absolute atomic E-state index is 12.2. The predicted molar refractivity (Wildman–Crippen MR) is 101 cm³/mol. The Bertz CT molecular complexity index is 842. The van der Waals surface area contributed by atoms with Crippen LogP contribution in [0.1, 0.15) is 30.4 Å². The van der Waals surface area contributed by atoms with Crippen LogP contribution < -0.4 is 15.7 Å². The Hall–Kier alpha value is -2.34. The van der Waals surface area contributed by atoms with E-state index in [2.05, 4.69) is 10.2 Å². The molecule has 26 heavy (non-hydrogen) atoms. The fourth-order valence-electron chi connectivity index (χ4n) is 3.34. The second-order valence-corrected chi connectivity index (χ2v) is 7.01. The Morgan fingerprint density at radius 3 is 2.77 bits per heavy atom. The molecule has 0 fully saturated rings. The van der Waals surface area contributed by atoms with Gasteiger partial charge in [-0.05, 0) is 70.4 Å². The van der Waals surface area contributed by atoms with Crippen LogP contribution in [0.3, 0.4) is 0 Å². The predicted octanol–water partition coefficient (Wildman–Crippen LogP) is 2.12. The molecule has 0 atom stereocenters. The van der Waals surface area contributed by atoms with Crippen molar-refractivity contribution in [1.82, 2.24) is 10.2 Å². The average molecular weight is 358 g/mol. The highest BCUT2D eigenvalue weighted by molar-refractivity contribution is 5.83. The molecule has 1 aliphatic carbocycles. The van der Waals surface area contributed by atoms with E-state index >= 15 is 0 Å². The molecule has 140 valence electrons. The summed E-state index contributed by atoms with van der Waals surface area (Å²) >= 11 is 0. The third-order valence-corrected chi connectivity index (χ3v) is 4.67. The minimum atomic E-state index is -0.247. The Morgan fingerprint density at radius 1 is 1.23 bits per heavy atom. The van der Waals surface area contributed by atoms with Gasteiger partial charge in [0, 0.05) is 23.6 Å². The van der Waals surface area contributed by atoms with Gasteiger partial charge in [0.1, 0.15) is 11.3 Å². The van der Waals surface area contributed by atoms with Crippen LogP contribution in [0.25, 0.3) is 11.0 Å². The summed E-state index contributed by atoms with van der Waals surface area (Å²) in [6.07, 6.45) is 4.73. The molecule has 1 aliphatic rings. The lowest BCUT2D eigenvalue weighted by Gasteiger charge is -2.16. The van der Waals surface area contributed by atoms with Gasteiger partial charge in [-0.2, -0.15) is 0 Å². The number of ether oxygens (including phenoxy) is 1. The van der Waals surface area contributed by atoms with E-state index in [1.54, 1.807) is 6.07 Å². The van der Waals surface area contributed by atoms with Crippen molar-refractivity contribution < 1.29 is 13.9 Å². The summed E-state index contributed by atoms with van der Waals surface area (Å²) in [5.41, 5.74) is 2.20. The highest BCUT2D eigenvalue weighted by atomic mass is 16.5. The van der Waals surface area contributed by atoms with Crippen LogP contribution in [0.4, 0.5) is 0 Å². The van der Waals surface area contributed by atoms with Crippen LogP contribution in [0.15, 0.2) is 27.4 Å². The Balaban J connectivity index is 1.63. The number of hydrogen-bond acceptors (Lipinski definition) is 5. The Morgan fingerprint density at radius 2 is 2.00 bits per heavy atom. The standard InChI is InChI=1S/C20H26N2O4/c1-22(2)11-5-10-21-19(23)13-25-14-8-9-16-15-6-3-4-7-17(15)20(24)26-18(16)12-14/h8-9,12H,3-7,10-11,13H2,1-2H3,(H,21,23). The number of aryl methyl sites for hydroxylation is 1. The topological polar surface area (TPSA) is 71.8 Å². The van der Waals surface area contributed by atoms with Crippen LogP contribution in [0.5, 0.6) is 5.75 Å². The van der Waals surface area contributed by atoms with E-state index in [4.69, 9.17) is 9.15 Å². The van der Waals surface area contributed by atoms with Gasteiger partial charge in [0.15, 0.2) is 6.61 Å². The fraction of sp³-hybridized carbons (Fsp3) is 0.500. The molecule has 1 heterocycles. The monoisotopic (exact) mass is 358 g/mol. The summed E-state index contributed by atoms with van der Waals surface area (Å²) in [4.78, 5) is 26.1. The number of nitrogens with one attached hydrogen (secondary N) is 1. The number of carbonyl (C=O) groups excluding carboxylic acids is 1. The number of amides is 1. The fourth-order valence-corrected chi connectivity index (χ4v) is 3.34. The first-order chi connectivity index (χ1) is 12.5. The van der Waals surface area contributed by atoms with Gasteiger partial charge in [0.2, 0.25) is 0 Å². The summed E-state index contributed by atoms with van der Waals surface area (Å²) in [6.45, 7) is 1.50. The molecule has 0 spiro atoms. The van der Waals surface area contributed by atoms with E-state index in [1.807, 2.05) is 26.2 Å². The van der Waals surface area contributed by atoms with Gasteiger partial charge in [0.25, 0.3) is 5.91 Å². The molecule has 0 saturated heterocycles. The number of nitrogens with zero attached hydrogens (tertiary/aromatic N) is 1. The van der Waals surface area contributed by atoms with Crippen molar-refractivity contribution in [2.75, 3.05) is 33.8 Å². The highest BCUT2D eigenvalue weighted by Gasteiger charge is 2.18. The molecule has 6 heteroatoms. The van der Waals surface area contributed by atoms with Gasteiger partial charge in [-0.25, -0.2) is 4.79 Å². The summed E-state index contributed by atoms with van der Waals surface area (Å²) in [6, 6.07) is 5.45. The van der Waals surface area contributed by atoms with E-state index in [1.165, 1.54) is 0 Å². The van der Waals surface area contributed by atoms with Crippen molar-refractivity contribution in [3.05, 3.63) is 39.7 Å². The summed E-state index contributed by atoms with van der Waals surface area (Å²) in [5, 5.41) is 3.80. The van der Waals surface area contributed by atoms with Crippen molar-refractivity contribution in [3.8, 4) is 5.75 Å². The van der Waals surface area contributed by atoms with E-state index in [-0.39, 0.29) is 18.1 Å². The minimum absolute atomic E-state index is 0.0529. The smallest absolute Gasteiger partial charge is 0.339 e. The molecule has 0 saturated carbocycles. The zero-order valence-electron chi connectivity index (χ0n) is 15.5. The number of fused-ring (bicyclic) bond motifs is 3. The molecular formula is C20H26N2O4. The van der Waals surface area contributed by atoms with Crippen molar-refractivity contribution in [2.24, 2.45) is 0 Å². The summed E-state index contributed by atoms with van der Waals surface area (Å²) in [5.74, 6) is 0.371. The van der Waals surface area contributed by atoms with Gasteiger partial charge in [-0.15, -0.1) is 0 Å². The molecule has 1 aromatic heterocycles. The van der Waals surface area contributed by atoms with Crippen molar-refractivity contribution in [1.29, 1.82) is 0 Å². The Labute approximate surface area is 153 Å². The lowest BCUT2D eigenvalue weighted by atomic mass is 9.91. The van der Waals surface area contributed by atoms with Crippen molar-refractivity contribution >= 4 is 16.9 Å². The van der Waals surface area contributed by atoms with Crippen LogP contribution in [-0.2, 0) is 17.6 Å². The van der Waals surface area contributed by atoms with E-state index in [0.29, 0.717) is 17.9 Å². The molecular weight excluding hydrogens is 332 g/mol. The van der Waals surface area contributed by atoms with Crippen LogP contribution >= 0.6 is 0 Å². The lowest BCUT2D eigenvalue weighted by Crippen LogP contribution is -2.31.